The second-order valence-corrected chi connectivity index (χ2v) is 8.32. The number of urea groups is 1. The van der Waals surface area contributed by atoms with Crippen LogP contribution in [0.2, 0.25) is 5.02 Å². The maximum absolute atomic E-state index is 12.6. The van der Waals surface area contributed by atoms with E-state index in [1.54, 1.807) is 48.5 Å². The van der Waals surface area contributed by atoms with Crippen LogP contribution in [-0.4, -0.2) is 56.1 Å². The number of aryl methyl sites for hydroxylation is 1. The Bertz CT molecular complexity index is 1180. The van der Waals surface area contributed by atoms with E-state index in [1.807, 2.05) is 25.9 Å². The molecule has 0 aliphatic rings. The Labute approximate surface area is 209 Å². The second kappa shape index (κ2) is 12.0. The number of amides is 3. The molecule has 3 rings (SSSR count). The smallest absolute Gasteiger partial charge is 0.323 e. The van der Waals surface area contributed by atoms with E-state index < -0.39 is 6.03 Å². The number of likely N-dealkylation sites (N-methyl/N-ethyl adjacent to an activating group) is 1. The highest BCUT2D eigenvalue weighted by atomic mass is 35.5. The minimum Gasteiger partial charge on any atom is -0.490 e. The number of hydrogen-bond donors (Lipinski definition) is 3. The Balaban J connectivity index is 1.63. The Morgan fingerprint density at radius 1 is 1.03 bits per heavy atom. The van der Waals surface area contributed by atoms with Gasteiger partial charge in [-0.15, -0.1) is 0 Å². The van der Waals surface area contributed by atoms with Crippen LogP contribution in [0.5, 0.6) is 17.2 Å². The van der Waals surface area contributed by atoms with Gasteiger partial charge in [-0.2, -0.15) is 0 Å². The highest BCUT2D eigenvalue weighted by molar-refractivity contribution is 6.31. The summed E-state index contributed by atoms with van der Waals surface area (Å²) in [6.45, 7) is 3.03. The van der Waals surface area contributed by atoms with E-state index in [0.717, 1.165) is 12.1 Å². The van der Waals surface area contributed by atoms with Crippen molar-refractivity contribution in [3.63, 3.8) is 0 Å². The minimum atomic E-state index is -0.429. The van der Waals surface area contributed by atoms with Crippen LogP contribution in [0.3, 0.4) is 0 Å². The molecule has 0 saturated heterocycles. The van der Waals surface area contributed by atoms with Crippen LogP contribution in [0.1, 0.15) is 16.1 Å². The molecule has 10 heteroatoms. The minimum absolute atomic E-state index is 0.252. The first kappa shape index (κ1) is 25.8. The zero-order valence-electron chi connectivity index (χ0n) is 20.0. The lowest BCUT2D eigenvalue weighted by Gasteiger charge is -2.16. The molecular formula is C25H28ClN5O4. The van der Waals surface area contributed by atoms with Crippen LogP contribution in [0, 0.1) is 6.92 Å². The molecule has 3 amide bonds. The van der Waals surface area contributed by atoms with Crippen LogP contribution >= 0.6 is 11.6 Å². The normalized spacial score (nSPS) is 10.6. The molecule has 9 nitrogen and oxygen atoms in total. The number of hydrogen-bond acceptors (Lipinski definition) is 6. The van der Waals surface area contributed by atoms with Gasteiger partial charge in [0.25, 0.3) is 5.91 Å². The summed E-state index contributed by atoms with van der Waals surface area (Å²) in [5, 5.41) is 8.68. The van der Waals surface area contributed by atoms with Gasteiger partial charge in [0.05, 0.1) is 5.69 Å². The van der Waals surface area contributed by atoms with Gasteiger partial charge in [-0.3, -0.25) is 9.78 Å². The van der Waals surface area contributed by atoms with Crippen molar-refractivity contribution in [2.75, 3.05) is 44.9 Å². The average molecular weight is 498 g/mol. The number of nitrogens with one attached hydrogen (secondary N) is 3. The lowest BCUT2D eigenvalue weighted by atomic mass is 10.2. The Hall–Kier alpha value is -3.82. The first-order chi connectivity index (χ1) is 16.7. The van der Waals surface area contributed by atoms with Gasteiger partial charge in [-0.25, -0.2) is 4.79 Å². The van der Waals surface area contributed by atoms with E-state index in [-0.39, 0.29) is 11.6 Å². The molecule has 3 aromatic rings. The molecule has 35 heavy (non-hydrogen) atoms. The van der Waals surface area contributed by atoms with E-state index in [0.29, 0.717) is 40.3 Å². The number of pyridine rings is 1. The van der Waals surface area contributed by atoms with Crippen molar-refractivity contribution in [1.82, 2.24) is 15.2 Å². The van der Waals surface area contributed by atoms with Gasteiger partial charge >= 0.3 is 6.03 Å². The van der Waals surface area contributed by atoms with Crippen molar-refractivity contribution in [3.05, 3.63) is 71.0 Å². The van der Waals surface area contributed by atoms with Crippen LogP contribution in [0.25, 0.3) is 0 Å². The van der Waals surface area contributed by atoms with Gasteiger partial charge in [0.1, 0.15) is 29.5 Å². The first-order valence-electron chi connectivity index (χ1n) is 10.9. The Kier molecular flexibility index (Phi) is 8.88. The maximum Gasteiger partial charge on any atom is 0.323 e. The standard InChI is InChI=1S/C25H28ClN5O4/c1-16-13-21(23(15-20(16)26)34-12-11-31(3)4)30-25(33)29-17-5-7-18(8-6-17)35-19-9-10-28-22(14-19)24(32)27-2/h5-10,13-15H,11-12H2,1-4H3,(H,27,32)(H2,29,30,33). The third kappa shape index (κ3) is 7.59. The van der Waals surface area contributed by atoms with Crippen molar-refractivity contribution in [3.8, 4) is 17.2 Å². The monoisotopic (exact) mass is 497 g/mol. The highest BCUT2D eigenvalue weighted by Gasteiger charge is 2.12. The topological polar surface area (TPSA) is 105 Å². The predicted octanol–water partition coefficient (Wildman–Crippen LogP) is 4.78. The van der Waals surface area contributed by atoms with E-state index in [4.69, 9.17) is 21.1 Å². The number of carbonyl (C=O) groups is 2. The molecule has 0 atom stereocenters. The van der Waals surface area contributed by atoms with Crippen LogP contribution in [0.15, 0.2) is 54.7 Å². The quantitative estimate of drug-likeness (QED) is 0.393. The summed E-state index contributed by atoms with van der Waals surface area (Å²) in [5.74, 6) is 1.20. The molecule has 0 bridgehead atoms. The van der Waals surface area contributed by atoms with Crippen molar-refractivity contribution in [2.24, 2.45) is 0 Å². The first-order valence-corrected chi connectivity index (χ1v) is 11.2. The van der Waals surface area contributed by atoms with Crippen molar-refractivity contribution < 1.29 is 19.1 Å². The van der Waals surface area contributed by atoms with E-state index in [1.165, 1.54) is 13.2 Å². The summed E-state index contributed by atoms with van der Waals surface area (Å²) in [7, 11) is 5.44. The number of nitrogens with zero attached hydrogens (tertiary/aromatic N) is 2. The number of carbonyl (C=O) groups excluding carboxylic acids is 2. The van der Waals surface area contributed by atoms with E-state index in [2.05, 4.69) is 20.9 Å². The molecule has 0 spiro atoms. The fourth-order valence-corrected chi connectivity index (χ4v) is 3.13. The Morgan fingerprint density at radius 2 is 1.77 bits per heavy atom. The largest absolute Gasteiger partial charge is 0.490 e. The molecule has 3 N–H and O–H groups in total. The second-order valence-electron chi connectivity index (χ2n) is 7.91. The van der Waals surface area contributed by atoms with E-state index in [9.17, 15) is 9.59 Å². The van der Waals surface area contributed by atoms with Gasteiger partial charge in [0.2, 0.25) is 0 Å². The van der Waals surface area contributed by atoms with Gasteiger partial charge in [0.15, 0.2) is 0 Å². The number of aromatic nitrogens is 1. The summed E-state index contributed by atoms with van der Waals surface area (Å²) in [6.07, 6.45) is 1.50. The molecular weight excluding hydrogens is 470 g/mol. The van der Waals surface area contributed by atoms with Gasteiger partial charge < -0.3 is 30.3 Å². The maximum atomic E-state index is 12.6. The summed E-state index contributed by atoms with van der Waals surface area (Å²) < 4.78 is 11.6. The third-order valence-corrected chi connectivity index (χ3v) is 5.25. The number of ether oxygens (including phenoxy) is 2. The van der Waals surface area contributed by atoms with Crippen molar-refractivity contribution in [1.29, 1.82) is 0 Å². The number of benzene rings is 2. The predicted molar refractivity (Wildman–Crippen MR) is 137 cm³/mol. The van der Waals surface area contributed by atoms with E-state index >= 15 is 0 Å². The molecule has 1 heterocycles. The fourth-order valence-electron chi connectivity index (χ4n) is 2.97. The number of rotatable bonds is 9. The molecule has 0 unspecified atom stereocenters. The molecule has 1 aromatic heterocycles. The summed E-state index contributed by atoms with van der Waals surface area (Å²) in [5.41, 5.74) is 2.16. The highest BCUT2D eigenvalue weighted by Crippen LogP contribution is 2.31. The molecule has 0 radical (unpaired) electrons. The van der Waals surface area contributed by atoms with Crippen molar-refractivity contribution >= 4 is 34.9 Å². The molecule has 184 valence electrons. The summed E-state index contributed by atoms with van der Waals surface area (Å²) in [4.78, 5) is 30.4. The van der Waals surface area contributed by atoms with Crippen LogP contribution < -0.4 is 25.4 Å². The summed E-state index contributed by atoms with van der Waals surface area (Å²) >= 11 is 6.24. The molecule has 0 aliphatic heterocycles. The molecule has 0 saturated carbocycles. The fraction of sp³-hybridized carbons (Fsp3) is 0.240. The zero-order valence-corrected chi connectivity index (χ0v) is 20.8. The van der Waals surface area contributed by atoms with Gasteiger partial charge in [-0.05, 0) is 63.0 Å². The number of halogens is 1. The molecule has 0 aliphatic carbocycles. The molecule has 0 fully saturated rings. The lowest BCUT2D eigenvalue weighted by molar-refractivity contribution is 0.0958. The van der Waals surface area contributed by atoms with Gasteiger partial charge in [-0.1, -0.05) is 11.6 Å². The van der Waals surface area contributed by atoms with Crippen LogP contribution in [-0.2, 0) is 0 Å². The average Bonchev–Trinajstić information content (AvgIpc) is 2.82. The van der Waals surface area contributed by atoms with Gasteiger partial charge in [0, 0.05) is 42.6 Å². The SMILES string of the molecule is CNC(=O)c1cc(Oc2ccc(NC(=O)Nc3cc(C)c(Cl)cc3OCCN(C)C)cc2)ccn1. The molecule has 2 aromatic carbocycles. The lowest BCUT2D eigenvalue weighted by Crippen LogP contribution is -2.22. The van der Waals surface area contributed by atoms with Crippen LogP contribution in [0.4, 0.5) is 16.2 Å². The number of anilines is 2. The Morgan fingerprint density at radius 3 is 2.46 bits per heavy atom. The third-order valence-electron chi connectivity index (χ3n) is 4.84. The van der Waals surface area contributed by atoms with Crippen molar-refractivity contribution in [2.45, 2.75) is 6.92 Å². The summed E-state index contributed by atoms with van der Waals surface area (Å²) in [6, 6.07) is 13.1. The zero-order chi connectivity index (χ0) is 25.4.